The number of carboxylic acids is 1. The van der Waals surface area contributed by atoms with Gasteiger partial charge >= 0.3 is 5.97 Å². The van der Waals surface area contributed by atoms with Crippen LogP contribution in [0.1, 0.15) is 31.4 Å². The van der Waals surface area contributed by atoms with Crippen molar-refractivity contribution in [2.45, 2.75) is 32.1 Å². The summed E-state index contributed by atoms with van der Waals surface area (Å²) in [6.45, 7) is 3.16. The third-order valence-corrected chi connectivity index (χ3v) is 4.15. The van der Waals surface area contributed by atoms with E-state index in [0.29, 0.717) is 5.56 Å². The number of nitrogens with one attached hydrogen (secondary N) is 1. The Balaban J connectivity index is 2.82. The Morgan fingerprint density at radius 1 is 1.24 bits per heavy atom. The van der Waals surface area contributed by atoms with Gasteiger partial charge in [0.1, 0.15) is 6.04 Å². The molecule has 1 rings (SSSR count). The van der Waals surface area contributed by atoms with Crippen molar-refractivity contribution in [1.29, 1.82) is 0 Å². The quantitative estimate of drug-likeness (QED) is 0.806. The summed E-state index contributed by atoms with van der Waals surface area (Å²) in [6, 6.07) is 3.63. The lowest BCUT2D eigenvalue weighted by Gasteiger charge is -2.18. The van der Waals surface area contributed by atoms with Gasteiger partial charge in [0.25, 0.3) is 6.43 Å². The summed E-state index contributed by atoms with van der Waals surface area (Å²) < 4.78 is 50.7. The zero-order chi connectivity index (χ0) is 16.2. The molecule has 8 heteroatoms. The first-order valence-corrected chi connectivity index (χ1v) is 7.87. The lowest BCUT2D eigenvalue weighted by atomic mass is 10.1. The molecule has 1 aromatic carbocycles. The van der Waals surface area contributed by atoms with Crippen molar-refractivity contribution in [3.8, 4) is 0 Å². The van der Waals surface area contributed by atoms with Gasteiger partial charge in [0.05, 0.1) is 5.75 Å². The standard InChI is InChI=1S/C13H17F2NO4S/c1-8(2)11(13(17)18)16-21(19,20)7-9-3-5-10(6-4-9)12(14)15/h3-6,8,11-12,16H,7H2,1-2H3,(H,17,18)/t11-/m1/s1. The van der Waals surface area contributed by atoms with Crippen molar-refractivity contribution in [2.75, 3.05) is 0 Å². The van der Waals surface area contributed by atoms with E-state index in [1.165, 1.54) is 12.1 Å². The summed E-state index contributed by atoms with van der Waals surface area (Å²) >= 11 is 0. The van der Waals surface area contributed by atoms with Gasteiger partial charge in [0.2, 0.25) is 10.0 Å². The maximum Gasteiger partial charge on any atom is 0.321 e. The minimum Gasteiger partial charge on any atom is -0.480 e. The van der Waals surface area contributed by atoms with E-state index in [0.717, 1.165) is 12.1 Å². The van der Waals surface area contributed by atoms with Crippen LogP contribution in [0.2, 0.25) is 0 Å². The second kappa shape index (κ2) is 6.95. The normalized spacial score (nSPS) is 13.6. The van der Waals surface area contributed by atoms with E-state index in [1.54, 1.807) is 13.8 Å². The van der Waals surface area contributed by atoms with E-state index < -0.39 is 40.1 Å². The molecule has 0 radical (unpaired) electrons. The molecule has 0 saturated carbocycles. The fourth-order valence-corrected chi connectivity index (χ4v) is 3.16. The highest BCUT2D eigenvalue weighted by Crippen LogP contribution is 2.19. The molecule has 0 bridgehead atoms. The number of alkyl halides is 2. The van der Waals surface area contributed by atoms with Crippen LogP contribution in [0.5, 0.6) is 0 Å². The molecule has 0 aromatic heterocycles. The van der Waals surface area contributed by atoms with Crippen molar-refractivity contribution < 1.29 is 27.1 Å². The van der Waals surface area contributed by atoms with Gasteiger partial charge in [-0.05, 0) is 11.5 Å². The summed E-state index contributed by atoms with van der Waals surface area (Å²) in [7, 11) is -3.88. The van der Waals surface area contributed by atoms with Crippen molar-refractivity contribution in [1.82, 2.24) is 4.72 Å². The highest BCUT2D eigenvalue weighted by Gasteiger charge is 2.27. The molecule has 118 valence electrons. The van der Waals surface area contributed by atoms with Crippen LogP contribution in [-0.2, 0) is 20.6 Å². The number of carbonyl (C=O) groups is 1. The number of rotatable bonds is 7. The fraction of sp³-hybridized carbons (Fsp3) is 0.462. The molecule has 0 fully saturated rings. The summed E-state index contributed by atoms with van der Waals surface area (Å²) in [4.78, 5) is 11.0. The Kier molecular flexibility index (Phi) is 5.79. The number of benzene rings is 1. The number of sulfonamides is 1. The maximum atomic E-state index is 12.4. The third-order valence-electron chi connectivity index (χ3n) is 2.83. The van der Waals surface area contributed by atoms with E-state index in [4.69, 9.17) is 5.11 Å². The van der Waals surface area contributed by atoms with Crippen molar-refractivity contribution in [3.05, 3.63) is 35.4 Å². The van der Waals surface area contributed by atoms with E-state index in [-0.39, 0.29) is 5.56 Å². The first kappa shape index (κ1) is 17.5. The van der Waals surface area contributed by atoms with Gasteiger partial charge in [-0.1, -0.05) is 38.1 Å². The van der Waals surface area contributed by atoms with Crippen LogP contribution in [0, 0.1) is 5.92 Å². The zero-order valence-electron chi connectivity index (χ0n) is 11.6. The van der Waals surface area contributed by atoms with Gasteiger partial charge in [-0.15, -0.1) is 0 Å². The van der Waals surface area contributed by atoms with Gasteiger partial charge in [0, 0.05) is 5.56 Å². The second-order valence-electron chi connectivity index (χ2n) is 4.98. The summed E-state index contributed by atoms with van der Waals surface area (Å²) in [6.07, 6.45) is -2.62. The predicted octanol–water partition coefficient (Wildman–Crippen LogP) is 2.15. The van der Waals surface area contributed by atoms with Crippen LogP contribution >= 0.6 is 0 Å². The van der Waals surface area contributed by atoms with Gasteiger partial charge in [0.15, 0.2) is 0 Å². The van der Waals surface area contributed by atoms with Crippen LogP contribution in [0.25, 0.3) is 0 Å². The molecule has 0 spiro atoms. The number of halogens is 2. The number of hydrogen-bond donors (Lipinski definition) is 2. The highest BCUT2D eigenvalue weighted by molar-refractivity contribution is 7.88. The monoisotopic (exact) mass is 321 g/mol. The Bertz CT molecular complexity index is 585. The van der Waals surface area contributed by atoms with Crippen molar-refractivity contribution in [3.63, 3.8) is 0 Å². The molecule has 1 atom stereocenters. The lowest BCUT2D eigenvalue weighted by Crippen LogP contribution is -2.44. The molecular weight excluding hydrogens is 304 g/mol. The third kappa shape index (κ3) is 5.39. The second-order valence-corrected chi connectivity index (χ2v) is 6.73. The van der Waals surface area contributed by atoms with E-state index in [1.807, 2.05) is 0 Å². The molecule has 2 N–H and O–H groups in total. The smallest absolute Gasteiger partial charge is 0.321 e. The predicted molar refractivity (Wildman–Crippen MR) is 73.4 cm³/mol. The molecule has 21 heavy (non-hydrogen) atoms. The Labute approximate surface area is 122 Å². The molecule has 0 aliphatic heterocycles. The summed E-state index contributed by atoms with van der Waals surface area (Å²) in [5.41, 5.74) is 0.106. The lowest BCUT2D eigenvalue weighted by molar-refractivity contribution is -0.140. The molecule has 0 heterocycles. The van der Waals surface area contributed by atoms with Gasteiger partial charge in [-0.25, -0.2) is 21.9 Å². The van der Waals surface area contributed by atoms with Gasteiger partial charge < -0.3 is 5.11 Å². The number of hydrogen-bond acceptors (Lipinski definition) is 3. The summed E-state index contributed by atoms with van der Waals surface area (Å²) in [5.74, 6) is -2.15. The minimum atomic E-state index is -3.88. The molecule has 0 amide bonds. The minimum absolute atomic E-state index is 0.199. The van der Waals surface area contributed by atoms with Crippen molar-refractivity contribution >= 4 is 16.0 Å². The first-order chi connectivity index (χ1) is 9.62. The van der Waals surface area contributed by atoms with E-state index >= 15 is 0 Å². The topological polar surface area (TPSA) is 83.5 Å². The summed E-state index contributed by atoms with van der Waals surface area (Å²) in [5, 5.41) is 8.96. The average Bonchev–Trinajstić information content (AvgIpc) is 2.35. The molecule has 1 aromatic rings. The Morgan fingerprint density at radius 2 is 1.76 bits per heavy atom. The molecule has 0 unspecified atom stereocenters. The largest absolute Gasteiger partial charge is 0.480 e. The van der Waals surface area contributed by atoms with E-state index in [2.05, 4.69) is 4.72 Å². The molecule has 0 aliphatic carbocycles. The molecule has 0 saturated heterocycles. The molecular formula is C13H17F2NO4S. The van der Waals surface area contributed by atoms with E-state index in [9.17, 15) is 22.0 Å². The maximum absolute atomic E-state index is 12.4. The van der Waals surface area contributed by atoms with Gasteiger partial charge in [-0.3, -0.25) is 4.79 Å². The van der Waals surface area contributed by atoms with Crippen LogP contribution in [0.3, 0.4) is 0 Å². The first-order valence-electron chi connectivity index (χ1n) is 6.22. The zero-order valence-corrected chi connectivity index (χ0v) is 12.4. The van der Waals surface area contributed by atoms with Gasteiger partial charge in [-0.2, -0.15) is 0 Å². The molecule has 0 aliphatic rings. The molecule has 5 nitrogen and oxygen atoms in total. The van der Waals surface area contributed by atoms with Crippen molar-refractivity contribution in [2.24, 2.45) is 5.92 Å². The average molecular weight is 321 g/mol. The Morgan fingerprint density at radius 3 is 2.14 bits per heavy atom. The number of aliphatic carboxylic acids is 1. The van der Waals surface area contributed by atoms with Crippen LogP contribution in [0.15, 0.2) is 24.3 Å². The highest BCUT2D eigenvalue weighted by atomic mass is 32.2. The van der Waals surface area contributed by atoms with Crippen LogP contribution in [0.4, 0.5) is 8.78 Å². The van der Waals surface area contributed by atoms with Crippen LogP contribution in [-0.4, -0.2) is 25.5 Å². The fourth-order valence-electron chi connectivity index (χ4n) is 1.69. The number of carboxylic acid groups (broad SMARTS) is 1. The van der Waals surface area contributed by atoms with Crippen LogP contribution < -0.4 is 4.72 Å². The Hall–Kier alpha value is -1.54. The SMILES string of the molecule is CC(C)[C@@H](NS(=O)(=O)Cc1ccc(C(F)F)cc1)C(=O)O.